The van der Waals surface area contributed by atoms with Crippen molar-refractivity contribution in [3.8, 4) is 0 Å². The summed E-state index contributed by atoms with van der Waals surface area (Å²) in [5.41, 5.74) is 0.815. The number of nitrogens with one attached hydrogen (secondary N) is 1. The Labute approximate surface area is 171 Å². The van der Waals surface area contributed by atoms with Gasteiger partial charge in [0.05, 0.1) is 24.1 Å². The molecule has 1 aromatic rings. The van der Waals surface area contributed by atoms with Gasteiger partial charge in [-0.05, 0) is 31.9 Å². The van der Waals surface area contributed by atoms with E-state index in [9.17, 15) is 18.0 Å². The highest BCUT2D eigenvalue weighted by atomic mass is 35.5. The molecule has 0 aromatic heterocycles. The molecular weight excluding hydrogens is 406 g/mol. The summed E-state index contributed by atoms with van der Waals surface area (Å²) in [4.78, 5) is 26.0. The van der Waals surface area contributed by atoms with Crippen LogP contribution in [0.2, 0.25) is 0 Å². The van der Waals surface area contributed by atoms with Gasteiger partial charge in [-0.3, -0.25) is 4.79 Å². The summed E-state index contributed by atoms with van der Waals surface area (Å²) >= 11 is 0. The number of carbonyl (C=O) groups is 2. The van der Waals surface area contributed by atoms with Crippen LogP contribution >= 0.6 is 12.4 Å². The van der Waals surface area contributed by atoms with E-state index in [-0.39, 0.29) is 47.9 Å². The molecule has 0 aliphatic carbocycles. The zero-order valence-electron chi connectivity index (χ0n) is 16.0. The summed E-state index contributed by atoms with van der Waals surface area (Å²) in [6.45, 7) is 3.97. The van der Waals surface area contributed by atoms with Crippen molar-refractivity contribution < 1.29 is 22.7 Å². The summed E-state index contributed by atoms with van der Waals surface area (Å²) in [5, 5.41) is 3.03. The summed E-state index contributed by atoms with van der Waals surface area (Å²) in [6, 6.07) is 4.51. The molecule has 10 heteroatoms. The molecule has 0 radical (unpaired) electrons. The van der Waals surface area contributed by atoms with Gasteiger partial charge in [0.15, 0.2) is 0 Å². The van der Waals surface area contributed by atoms with E-state index >= 15 is 0 Å². The molecule has 2 aliphatic heterocycles. The molecule has 2 aliphatic rings. The lowest BCUT2D eigenvalue weighted by Crippen LogP contribution is -2.57. The Morgan fingerprint density at radius 2 is 2.04 bits per heavy atom. The largest absolute Gasteiger partial charge is 0.465 e. The second-order valence-electron chi connectivity index (χ2n) is 6.91. The summed E-state index contributed by atoms with van der Waals surface area (Å²) in [6.07, 6.45) is 1.44. The van der Waals surface area contributed by atoms with Crippen LogP contribution in [0, 0.1) is 6.92 Å². The van der Waals surface area contributed by atoms with E-state index in [0.717, 1.165) is 12.0 Å². The number of piperazine rings is 1. The molecule has 0 spiro atoms. The van der Waals surface area contributed by atoms with Crippen LogP contribution in [0.15, 0.2) is 23.1 Å². The van der Waals surface area contributed by atoms with E-state index in [1.807, 2.05) is 0 Å². The molecule has 8 nitrogen and oxygen atoms in total. The van der Waals surface area contributed by atoms with Crippen LogP contribution in [0.1, 0.15) is 28.8 Å². The third kappa shape index (κ3) is 4.48. The van der Waals surface area contributed by atoms with Crippen LogP contribution in [-0.4, -0.2) is 75.4 Å². The second-order valence-corrected chi connectivity index (χ2v) is 8.82. The van der Waals surface area contributed by atoms with Crippen LogP contribution in [-0.2, 0) is 19.6 Å². The maximum Gasteiger partial charge on any atom is 0.339 e. The lowest BCUT2D eigenvalue weighted by Gasteiger charge is -2.40. The fraction of sp³-hybridized carbons (Fsp3) is 0.556. The van der Waals surface area contributed by atoms with E-state index in [1.165, 1.54) is 23.5 Å². The van der Waals surface area contributed by atoms with Gasteiger partial charge in [0, 0.05) is 32.2 Å². The maximum absolute atomic E-state index is 13.3. The lowest BCUT2D eigenvalue weighted by molar-refractivity contribution is -0.135. The lowest BCUT2D eigenvalue weighted by atomic mass is 10.1. The Hall–Kier alpha value is -1.68. The average Bonchev–Trinajstić information content (AvgIpc) is 2.67. The number of ether oxygens (including phenoxy) is 1. The molecule has 2 heterocycles. The smallest absolute Gasteiger partial charge is 0.339 e. The Morgan fingerprint density at radius 1 is 1.29 bits per heavy atom. The highest BCUT2D eigenvalue weighted by Gasteiger charge is 2.36. The molecule has 1 amide bonds. The fourth-order valence-corrected chi connectivity index (χ4v) is 5.35. The Morgan fingerprint density at radius 3 is 2.71 bits per heavy atom. The number of aryl methyl sites for hydroxylation is 1. The number of carbonyl (C=O) groups excluding carboxylic acids is 2. The van der Waals surface area contributed by atoms with Gasteiger partial charge >= 0.3 is 5.97 Å². The first-order valence-electron chi connectivity index (χ1n) is 9.04. The molecule has 28 heavy (non-hydrogen) atoms. The van der Waals surface area contributed by atoms with Crippen molar-refractivity contribution in [3.05, 3.63) is 29.3 Å². The minimum absolute atomic E-state index is 0. The molecule has 1 unspecified atom stereocenters. The maximum atomic E-state index is 13.3. The molecule has 1 atom stereocenters. The van der Waals surface area contributed by atoms with Crippen LogP contribution < -0.4 is 5.32 Å². The van der Waals surface area contributed by atoms with Gasteiger partial charge in [0.2, 0.25) is 15.9 Å². The fourth-order valence-electron chi connectivity index (χ4n) is 3.68. The van der Waals surface area contributed by atoms with Crippen LogP contribution in [0.3, 0.4) is 0 Å². The number of piperidine rings is 1. The summed E-state index contributed by atoms with van der Waals surface area (Å²) < 4.78 is 32.6. The number of methoxy groups -OCH3 is 1. The number of sulfonamides is 1. The molecule has 0 saturated carbocycles. The quantitative estimate of drug-likeness (QED) is 0.708. The average molecular weight is 432 g/mol. The monoisotopic (exact) mass is 431 g/mol. The standard InChI is InChI=1S/C18H25N3O5S.ClH/c1-13-5-6-16(15(10-13)18(23)26-2)27(24,25)20-8-3-4-14(12-20)21-9-7-19-11-17(21)22;/h5-6,10,14,19H,3-4,7-9,11-12H2,1-2H3;1H. The van der Waals surface area contributed by atoms with Gasteiger partial charge in [0.1, 0.15) is 0 Å². The van der Waals surface area contributed by atoms with E-state index in [0.29, 0.717) is 26.1 Å². The molecule has 0 bridgehead atoms. The molecule has 2 fully saturated rings. The number of hydrogen-bond donors (Lipinski definition) is 1. The highest BCUT2D eigenvalue weighted by molar-refractivity contribution is 7.89. The van der Waals surface area contributed by atoms with E-state index in [4.69, 9.17) is 4.74 Å². The number of amides is 1. The minimum Gasteiger partial charge on any atom is -0.465 e. The van der Waals surface area contributed by atoms with Gasteiger partial charge in [-0.25, -0.2) is 13.2 Å². The van der Waals surface area contributed by atoms with Crippen molar-refractivity contribution in [2.45, 2.75) is 30.7 Å². The Balaban J connectivity index is 0.00000280. The van der Waals surface area contributed by atoms with Crippen LogP contribution in [0.4, 0.5) is 0 Å². The van der Waals surface area contributed by atoms with E-state index in [1.54, 1.807) is 17.9 Å². The highest BCUT2D eigenvalue weighted by Crippen LogP contribution is 2.27. The minimum atomic E-state index is -3.87. The summed E-state index contributed by atoms with van der Waals surface area (Å²) in [5.74, 6) is -0.681. The van der Waals surface area contributed by atoms with Crippen molar-refractivity contribution in [3.63, 3.8) is 0 Å². The third-order valence-electron chi connectivity index (χ3n) is 5.08. The first-order chi connectivity index (χ1) is 12.8. The van der Waals surface area contributed by atoms with Crippen molar-refractivity contribution in [2.24, 2.45) is 0 Å². The second kappa shape index (κ2) is 9.21. The Kier molecular flexibility index (Phi) is 7.44. The van der Waals surface area contributed by atoms with Gasteiger partial charge in [-0.1, -0.05) is 11.6 Å². The molecule has 1 N–H and O–H groups in total. The van der Waals surface area contributed by atoms with E-state index < -0.39 is 16.0 Å². The molecule has 156 valence electrons. The predicted octanol–water partition coefficient (Wildman–Crippen LogP) is 0.788. The topological polar surface area (TPSA) is 96.0 Å². The van der Waals surface area contributed by atoms with Crippen molar-refractivity contribution >= 4 is 34.3 Å². The molecule has 2 saturated heterocycles. The van der Waals surface area contributed by atoms with Crippen LogP contribution in [0.25, 0.3) is 0 Å². The predicted molar refractivity (Wildman–Crippen MR) is 106 cm³/mol. The number of benzene rings is 1. The zero-order chi connectivity index (χ0) is 19.6. The van der Waals surface area contributed by atoms with Gasteiger partial charge in [-0.2, -0.15) is 4.31 Å². The first kappa shape index (κ1) is 22.6. The summed E-state index contributed by atoms with van der Waals surface area (Å²) in [7, 11) is -2.64. The van der Waals surface area contributed by atoms with Crippen molar-refractivity contribution in [1.82, 2.24) is 14.5 Å². The van der Waals surface area contributed by atoms with Crippen molar-refractivity contribution in [1.29, 1.82) is 0 Å². The first-order valence-corrected chi connectivity index (χ1v) is 10.5. The number of rotatable bonds is 4. The van der Waals surface area contributed by atoms with Gasteiger partial charge in [-0.15, -0.1) is 12.4 Å². The van der Waals surface area contributed by atoms with Gasteiger partial charge in [0.25, 0.3) is 0 Å². The van der Waals surface area contributed by atoms with E-state index in [2.05, 4.69) is 5.32 Å². The number of esters is 1. The number of halogens is 1. The Bertz CT molecular complexity index is 846. The number of hydrogen-bond acceptors (Lipinski definition) is 6. The molecular formula is C18H26ClN3O5S. The normalized spacial score (nSPS) is 21.1. The van der Waals surface area contributed by atoms with Crippen LogP contribution in [0.5, 0.6) is 0 Å². The zero-order valence-corrected chi connectivity index (χ0v) is 17.6. The van der Waals surface area contributed by atoms with Gasteiger partial charge < -0.3 is 15.0 Å². The SMILES string of the molecule is COC(=O)c1cc(C)ccc1S(=O)(=O)N1CCCC(N2CCNCC2=O)C1.Cl. The third-order valence-corrected chi connectivity index (χ3v) is 7.01. The number of nitrogens with zero attached hydrogens (tertiary/aromatic N) is 2. The molecule has 3 rings (SSSR count). The molecule has 1 aromatic carbocycles. The van der Waals surface area contributed by atoms with Crippen molar-refractivity contribution in [2.75, 3.05) is 39.8 Å².